The van der Waals surface area contributed by atoms with Crippen LogP contribution in [0.3, 0.4) is 0 Å². The summed E-state index contributed by atoms with van der Waals surface area (Å²) < 4.78 is 10.0. The summed E-state index contributed by atoms with van der Waals surface area (Å²) in [6, 6.07) is 0. The van der Waals surface area contributed by atoms with E-state index in [1.165, 1.54) is 12.0 Å². The molecule has 1 aliphatic carbocycles. The van der Waals surface area contributed by atoms with Crippen LogP contribution >= 0.6 is 0 Å². The molecule has 6 heteroatoms. The first-order valence-electron chi connectivity index (χ1n) is 7.06. The van der Waals surface area contributed by atoms with Gasteiger partial charge in [0.2, 0.25) is 0 Å². The molecule has 0 aromatic rings. The third kappa shape index (κ3) is 3.12. The van der Waals surface area contributed by atoms with Crippen LogP contribution in [0, 0.1) is 0 Å². The fraction of sp³-hybridized carbons (Fsp3) is 0.714. The lowest BCUT2D eigenvalue weighted by Crippen LogP contribution is -2.43. The Kier molecular flexibility index (Phi) is 5.00. The number of methoxy groups -OCH3 is 1. The summed E-state index contributed by atoms with van der Waals surface area (Å²) in [5.74, 6) is 0.0405. The fourth-order valence-electron chi connectivity index (χ4n) is 2.69. The zero-order valence-corrected chi connectivity index (χ0v) is 12.2. The Morgan fingerprint density at radius 3 is 2.50 bits per heavy atom. The van der Waals surface area contributed by atoms with Gasteiger partial charge < -0.3 is 14.4 Å². The van der Waals surface area contributed by atoms with Gasteiger partial charge in [0.15, 0.2) is 0 Å². The van der Waals surface area contributed by atoms with Crippen LogP contribution in [0.5, 0.6) is 0 Å². The van der Waals surface area contributed by atoms with Crippen molar-refractivity contribution in [3.8, 4) is 0 Å². The van der Waals surface area contributed by atoms with Crippen molar-refractivity contribution in [3.05, 3.63) is 11.3 Å². The van der Waals surface area contributed by atoms with E-state index in [0.29, 0.717) is 26.3 Å². The Morgan fingerprint density at radius 1 is 1.20 bits per heavy atom. The number of ether oxygens (including phenoxy) is 2. The Hall–Kier alpha value is -1.56. The zero-order valence-electron chi connectivity index (χ0n) is 12.2. The second kappa shape index (κ2) is 6.74. The van der Waals surface area contributed by atoms with Gasteiger partial charge in [-0.3, -0.25) is 9.69 Å². The molecule has 2 aliphatic rings. The maximum atomic E-state index is 12.6. The molecule has 20 heavy (non-hydrogen) atoms. The Morgan fingerprint density at radius 2 is 1.85 bits per heavy atom. The molecule has 0 spiro atoms. The van der Waals surface area contributed by atoms with E-state index in [1.54, 1.807) is 7.05 Å². The molecule has 0 saturated carbocycles. The van der Waals surface area contributed by atoms with Gasteiger partial charge in [-0.25, -0.2) is 4.79 Å². The molecule has 0 unspecified atom stereocenters. The minimum atomic E-state index is -0.422. The minimum Gasteiger partial charge on any atom is -0.452 e. The quantitative estimate of drug-likeness (QED) is 0.767. The number of allylic oxidation sites excluding steroid dienone is 1. The number of amides is 2. The molecule has 0 radical (unpaired) electrons. The molecule has 1 saturated heterocycles. The third-order valence-corrected chi connectivity index (χ3v) is 3.85. The zero-order chi connectivity index (χ0) is 14.5. The minimum absolute atomic E-state index is 0.0405. The Bertz CT molecular complexity index is 413. The molecular weight excluding hydrogens is 260 g/mol. The van der Waals surface area contributed by atoms with Crippen molar-refractivity contribution < 1.29 is 19.1 Å². The number of hydrogen-bond acceptors (Lipinski definition) is 4. The first-order valence-corrected chi connectivity index (χ1v) is 7.06. The predicted octanol–water partition coefficient (Wildman–Crippen LogP) is 1.37. The van der Waals surface area contributed by atoms with Gasteiger partial charge in [-0.15, -0.1) is 0 Å². The fourth-order valence-corrected chi connectivity index (χ4v) is 2.69. The van der Waals surface area contributed by atoms with Crippen LogP contribution in [0.15, 0.2) is 11.3 Å². The molecule has 6 nitrogen and oxygen atoms in total. The summed E-state index contributed by atoms with van der Waals surface area (Å²) in [6.07, 6.45) is 3.04. The highest BCUT2D eigenvalue weighted by atomic mass is 16.5. The smallest absolute Gasteiger partial charge is 0.413 e. The van der Waals surface area contributed by atoms with E-state index in [0.717, 1.165) is 37.0 Å². The average Bonchev–Trinajstić information content (AvgIpc) is 2.53. The van der Waals surface area contributed by atoms with Crippen LogP contribution in [-0.4, -0.2) is 62.3 Å². The van der Waals surface area contributed by atoms with E-state index in [4.69, 9.17) is 9.47 Å². The van der Waals surface area contributed by atoms with Crippen molar-refractivity contribution in [1.29, 1.82) is 0 Å². The van der Waals surface area contributed by atoms with E-state index < -0.39 is 6.09 Å². The van der Waals surface area contributed by atoms with Crippen LogP contribution in [0.25, 0.3) is 0 Å². The van der Waals surface area contributed by atoms with Crippen LogP contribution in [0.4, 0.5) is 4.79 Å². The number of morpholine rings is 1. The summed E-state index contributed by atoms with van der Waals surface area (Å²) in [5, 5.41) is 0. The first kappa shape index (κ1) is 14.8. The summed E-state index contributed by atoms with van der Waals surface area (Å²) in [7, 11) is 3.02. The van der Waals surface area contributed by atoms with Gasteiger partial charge in [0.25, 0.3) is 5.91 Å². The molecule has 2 rings (SSSR count). The van der Waals surface area contributed by atoms with Crippen molar-refractivity contribution in [3.63, 3.8) is 0 Å². The summed E-state index contributed by atoms with van der Waals surface area (Å²) >= 11 is 0. The Balaban J connectivity index is 2.20. The van der Waals surface area contributed by atoms with E-state index >= 15 is 0 Å². The molecule has 0 bridgehead atoms. The van der Waals surface area contributed by atoms with Crippen molar-refractivity contribution >= 4 is 12.0 Å². The predicted molar refractivity (Wildman–Crippen MR) is 73.1 cm³/mol. The number of rotatable bonds is 2. The number of carbonyl (C=O) groups is 2. The lowest BCUT2D eigenvalue weighted by molar-refractivity contribution is -0.131. The average molecular weight is 282 g/mol. The molecule has 0 N–H and O–H groups in total. The van der Waals surface area contributed by atoms with E-state index in [-0.39, 0.29) is 5.91 Å². The molecule has 1 aliphatic heterocycles. The standard InChI is InChI=1S/C14H22N2O4/c1-15(14(18)19-2)12-6-4-3-5-11(12)13(17)16-7-9-20-10-8-16/h3-10H2,1-2H3. The van der Waals surface area contributed by atoms with Gasteiger partial charge in [0, 0.05) is 31.4 Å². The largest absolute Gasteiger partial charge is 0.452 e. The lowest BCUT2D eigenvalue weighted by Gasteiger charge is -2.32. The summed E-state index contributed by atoms with van der Waals surface area (Å²) in [6.45, 7) is 2.41. The Labute approximate surface area is 119 Å². The molecule has 112 valence electrons. The van der Waals surface area contributed by atoms with Gasteiger partial charge in [0.1, 0.15) is 0 Å². The van der Waals surface area contributed by atoms with Crippen molar-refractivity contribution in [2.75, 3.05) is 40.5 Å². The maximum Gasteiger partial charge on any atom is 0.413 e. The number of hydrogen-bond donors (Lipinski definition) is 0. The van der Waals surface area contributed by atoms with Crippen molar-refractivity contribution in [1.82, 2.24) is 9.80 Å². The molecule has 0 aromatic carbocycles. The summed E-state index contributed by atoms with van der Waals surface area (Å²) in [5.41, 5.74) is 1.56. The highest BCUT2D eigenvalue weighted by Crippen LogP contribution is 2.28. The maximum absolute atomic E-state index is 12.6. The van der Waals surface area contributed by atoms with Crippen LogP contribution in [0.2, 0.25) is 0 Å². The SMILES string of the molecule is COC(=O)N(C)C1=C(C(=O)N2CCOCC2)CCCC1. The van der Waals surface area contributed by atoms with Crippen molar-refractivity contribution in [2.24, 2.45) is 0 Å². The van der Waals surface area contributed by atoms with Crippen LogP contribution in [-0.2, 0) is 14.3 Å². The van der Waals surface area contributed by atoms with Crippen molar-refractivity contribution in [2.45, 2.75) is 25.7 Å². The van der Waals surface area contributed by atoms with Crippen LogP contribution < -0.4 is 0 Å². The molecule has 0 aromatic heterocycles. The second-order valence-corrected chi connectivity index (χ2v) is 5.07. The molecule has 0 atom stereocenters. The third-order valence-electron chi connectivity index (χ3n) is 3.85. The van der Waals surface area contributed by atoms with Gasteiger partial charge in [-0.2, -0.15) is 0 Å². The first-order chi connectivity index (χ1) is 9.65. The van der Waals surface area contributed by atoms with E-state index in [1.807, 2.05) is 4.90 Å². The molecule has 1 fully saturated rings. The second-order valence-electron chi connectivity index (χ2n) is 5.07. The monoisotopic (exact) mass is 282 g/mol. The van der Waals surface area contributed by atoms with Gasteiger partial charge >= 0.3 is 6.09 Å². The molecule has 1 heterocycles. The number of nitrogens with zero attached hydrogens (tertiary/aromatic N) is 2. The highest BCUT2D eigenvalue weighted by molar-refractivity contribution is 5.95. The van der Waals surface area contributed by atoms with Gasteiger partial charge in [-0.1, -0.05) is 0 Å². The lowest BCUT2D eigenvalue weighted by atomic mass is 9.94. The topological polar surface area (TPSA) is 59.1 Å². The normalized spacial score (nSPS) is 19.8. The van der Waals surface area contributed by atoms with E-state index in [9.17, 15) is 9.59 Å². The van der Waals surface area contributed by atoms with E-state index in [2.05, 4.69) is 0 Å². The molecule has 2 amide bonds. The highest BCUT2D eigenvalue weighted by Gasteiger charge is 2.28. The van der Waals surface area contributed by atoms with Gasteiger partial charge in [0.05, 0.1) is 20.3 Å². The summed E-state index contributed by atoms with van der Waals surface area (Å²) in [4.78, 5) is 27.6. The van der Waals surface area contributed by atoms with Crippen LogP contribution in [0.1, 0.15) is 25.7 Å². The van der Waals surface area contributed by atoms with Gasteiger partial charge in [-0.05, 0) is 25.7 Å². The number of carbonyl (C=O) groups excluding carboxylic acids is 2. The molecular formula is C14H22N2O4.